The molecular weight excluding hydrogens is 344 g/mol. The van der Waals surface area contributed by atoms with Crippen LogP contribution in [0.25, 0.3) is 0 Å². The minimum Gasteiger partial charge on any atom is -0.495 e. The van der Waals surface area contributed by atoms with Crippen molar-refractivity contribution in [3.05, 3.63) is 47.7 Å². The highest BCUT2D eigenvalue weighted by molar-refractivity contribution is 5.97. The number of carbonyl (C=O) groups is 2. The van der Waals surface area contributed by atoms with Gasteiger partial charge in [0.25, 0.3) is 0 Å². The van der Waals surface area contributed by atoms with Crippen molar-refractivity contribution in [2.75, 3.05) is 31.3 Å². The van der Waals surface area contributed by atoms with Crippen molar-refractivity contribution in [1.29, 1.82) is 0 Å². The minimum atomic E-state index is -0.508. The number of amides is 2. The standard InChI is InChI=1S/C20H26N4O3/c1-13-6-7-17(27-5)16(10-13)22-20(26)15(3)24(4)12-19(25)23-18-11-14(2)8-9-21-18/h6-11,15H,12H2,1-5H3,(H,22,26)(H,21,23,25). The van der Waals surface area contributed by atoms with Crippen molar-refractivity contribution < 1.29 is 14.3 Å². The van der Waals surface area contributed by atoms with Gasteiger partial charge in [-0.1, -0.05) is 6.07 Å². The van der Waals surface area contributed by atoms with E-state index in [2.05, 4.69) is 15.6 Å². The van der Waals surface area contributed by atoms with Gasteiger partial charge in [-0.25, -0.2) is 4.98 Å². The van der Waals surface area contributed by atoms with E-state index >= 15 is 0 Å². The Hall–Kier alpha value is -2.93. The highest BCUT2D eigenvalue weighted by atomic mass is 16.5. The molecular formula is C20H26N4O3. The summed E-state index contributed by atoms with van der Waals surface area (Å²) in [6.45, 7) is 5.68. The number of hydrogen-bond acceptors (Lipinski definition) is 5. The maximum Gasteiger partial charge on any atom is 0.241 e. The van der Waals surface area contributed by atoms with Crippen molar-refractivity contribution in [3.63, 3.8) is 0 Å². The van der Waals surface area contributed by atoms with Crippen LogP contribution >= 0.6 is 0 Å². The van der Waals surface area contributed by atoms with Crippen molar-refractivity contribution in [2.45, 2.75) is 26.8 Å². The van der Waals surface area contributed by atoms with Crippen LogP contribution in [-0.4, -0.2) is 48.4 Å². The summed E-state index contributed by atoms with van der Waals surface area (Å²) < 4.78 is 5.28. The molecule has 144 valence electrons. The molecule has 1 unspecified atom stereocenters. The normalized spacial score (nSPS) is 11.8. The van der Waals surface area contributed by atoms with Gasteiger partial charge in [-0.2, -0.15) is 0 Å². The first-order valence-corrected chi connectivity index (χ1v) is 8.68. The van der Waals surface area contributed by atoms with Crippen molar-refractivity contribution in [2.24, 2.45) is 0 Å². The SMILES string of the molecule is COc1ccc(C)cc1NC(=O)C(C)N(C)CC(=O)Nc1cc(C)ccn1. The number of nitrogens with one attached hydrogen (secondary N) is 2. The summed E-state index contributed by atoms with van der Waals surface area (Å²) in [6.07, 6.45) is 1.64. The predicted molar refractivity (Wildman–Crippen MR) is 106 cm³/mol. The molecule has 1 atom stereocenters. The number of aryl methyl sites for hydroxylation is 2. The van der Waals surface area contributed by atoms with Gasteiger partial charge in [0.15, 0.2) is 0 Å². The van der Waals surface area contributed by atoms with Gasteiger partial charge in [-0.15, -0.1) is 0 Å². The van der Waals surface area contributed by atoms with Gasteiger partial charge in [0.1, 0.15) is 11.6 Å². The molecule has 0 aliphatic heterocycles. The van der Waals surface area contributed by atoms with Crippen LogP contribution < -0.4 is 15.4 Å². The smallest absolute Gasteiger partial charge is 0.241 e. The van der Waals surface area contributed by atoms with Crippen LogP contribution in [0.4, 0.5) is 11.5 Å². The molecule has 1 aromatic heterocycles. The molecule has 2 amide bonds. The number of pyridine rings is 1. The van der Waals surface area contributed by atoms with Crippen LogP contribution in [0.3, 0.4) is 0 Å². The molecule has 2 rings (SSSR count). The van der Waals surface area contributed by atoms with Gasteiger partial charge < -0.3 is 15.4 Å². The highest BCUT2D eigenvalue weighted by Crippen LogP contribution is 2.25. The first kappa shape index (κ1) is 20.4. The van der Waals surface area contributed by atoms with Crippen LogP contribution in [0.5, 0.6) is 5.75 Å². The molecule has 7 heteroatoms. The number of benzene rings is 1. The Bertz CT molecular complexity index is 823. The number of nitrogens with zero attached hydrogens (tertiary/aromatic N) is 2. The summed E-state index contributed by atoms with van der Waals surface area (Å²) in [6, 6.07) is 8.70. The monoisotopic (exact) mass is 370 g/mol. The highest BCUT2D eigenvalue weighted by Gasteiger charge is 2.21. The zero-order valence-corrected chi connectivity index (χ0v) is 16.4. The molecule has 0 aliphatic carbocycles. The van der Waals surface area contributed by atoms with E-state index in [1.54, 1.807) is 38.2 Å². The first-order chi connectivity index (χ1) is 12.8. The predicted octanol–water partition coefficient (Wildman–Crippen LogP) is 2.60. The van der Waals surface area contributed by atoms with E-state index in [-0.39, 0.29) is 18.4 Å². The lowest BCUT2D eigenvalue weighted by atomic mass is 10.2. The van der Waals surface area contributed by atoms with E-state index in [4.69, 9.17) is 4.74 Å². The fraction of sp³-hybridized carbons (Fsp3) is 0.350. The van der Waals surface area contributed by atoms with Crippen LogP contribution in [0.1, 0.15) is 18.1 Å². The van der Waals surface area contributed by atoms with Crippen molar-refractivity contribution in [3.8, 4) is 5.75 Å². The second-order valence-electron chi connectivity index (χ2n) is 6.55. The van der Waals surface area contributed by atoms with Gasteiger partial charge in [0.2, 0.25) is 11.8 Å². The fourth-order valence-corrected chi connectivity index (χ4v) is 2.51. The molecule has 2 N–H and O–H groups in total. The largest absolute Gasteiger partial charge is 0.495 e. The second-order valence-corrected chi connectivity index (χ2v) is 6.55. The number of likely N-dealkylation sites (N-methyl/N-ethyl adjacent to an activating group) is 1. The molecule has 1 aromatic carbocycles. The van der Waals surface area contributed by atoms with E-state index in [0.29, 0.717) is 17.3 Å². The summed E-state index contributed by atoms with van der Waals surface area (Å²) in [7, 11) is 3.28. The second kappa shape index (κ2) is 9.14. The molecule has 27 heavy (non-hydrogen) atoms. The Balaban J connectivity index is 1.95. The zero-order valence-electron chi connectivity index (χ0n) is 16.4. The maximum atomic E-state index is 12.6. The number of rotatable bonds is 7. The van der Waals surface area contributed by atoms with Crippen LogP contribution in [-0.2, 0) is 9.59 Å². The lowest BCUT2D eigenvalue weighted by molar-refractivity contribution is -0.122. The minimum absolute atomic E-state index is 0.0646. The van der Waals surface area contributed by atoms with Crippen LogP contribution in [0.15, 0.2) is 36.5 Å². The third-order valence-corrected chi connectivity index (χ3v) is 4.23. The van der Waals surface area contributed by atoms with Crippen molar-refractivity contribution >= 4 is 23.3 Å². The number of carbonyl (C=O) groups excluding carboxylic acids is 2. The lowest BCUT2D eigenvalue weighted by Gasteiger charge is -2.23. The molecule has 0 radical (unpaired) electrons. The fourth-order valence-electron chi connectivity index (χ4n) is 2.51. The maximum absolute atomic E-state index is 12.6. The Morgan fingerprint density at radius 2 is 1.85 bits per heavy atom. The average molecular weight is 370 g/mol. The molecule has 0 aliphatic rings. The molecule has 0 saturated carbocycles. The molecule has 7 nitrogen and oxygen atoms in total. The van der Waals surface area contributed by atoms with Gasteiger partial charge in [-0.3, -0.25) is 14.5 Å². The molecule has 1 heterocycles. The molecule has 2 aromatic rings. The van der Waals surface area contributed by atoms with Crippen molar-refractivity contribution in [1.82, 2.24) is 9.88 Å². The Morgan fingerprint density at radius 3 is 2.52 bits per heavy atom. The number of ether oxygens (including phenoxy) is 1. The van der Waals surface area contributed by atoms with Gasteiger partial charge in [0, 0.05) is 6.20 Å². The third-order valence-electron chi connectivity index (χ3n) is 4.23. The quantitative estimate of drug-likeness (QED) is 0.783. The third kappa shape index (κ3) is 5.79. The molecule has 0 spiro atoms. The number of methoxy groups -OCH3 is 1. The van der Waals surface area contributed by atoms with E-state index in [9.17, 15) is 9.59 Å². The summed E-state index contributed by atoms with van der Waals surface area (Å²) in [4.78, 5) is 30.6. The Kier molecular flexibility index (Phi) is 6.90. The van der Waals surface area contributed by atoms with Gasteiger partial charge in [0.05, 0.1) is 25.4 Å². The van der Waals surface area contributed by atoms with E-state index < -0.39 is 6.04 Å². The summed E-state index contributed by atoms with van der Waals surface area (Å²) in [5, 5.41) is 5.60. The van der Waals surface area contributed by atoms with Crippen LogP contribution in [0, 0.1) is 13.8 Å². The lowest BCUT2D eigenvalue weighted by Crippen LogP contribution is -2.43. The Labute approximate surface area is 159 Å². The van der Waals surface area contributed by atoms with E-state index in [0.717, 1.165) is 11.1 Å². The topological polar surface area (TPSA) is 83.6 Å². The van der Waals surface area contributed by atoms with Gasteiger partial charge >= 0.3 is 0 Å². The van der Waals surface area contributed by atoms with Gasteiger partial charge in [-0.05, 0) is 63.2 Å². The Morgan fingerprint density at radius 1 is 1.15 bits per heavy atom. The summed E-state index contributed by atoms with van der Waals surface area (Å²) in [5.74, 6) is 0.633. The van der Waals surface area contributed by atoms with E-state index in [1.807, 2.05) is 38.1 Å². The van der Waals surface area contributed by atoms with Crippen LogP contribution in [0.2, 0.25) is 0 Å². The molecule has 0 saturated heterocycles. The molecule has 0 bridgehead atoms. The molecule has 0 fully saturated rings. The first-order valence-electron chi connectivity index (χ1n) is 8.68. The number of anilines is 2. The summed E-state index contributed by atoms with van der Waals surface area (Å²) in [5.41, 5.74) is 2.63. The number of hydrogen-bond donors (Lipinski definition) is 2. The summed E-state index contributed by atoms with van der Waals surface area (Å²) >= 11 is 0. The average Bonchev–Trinajstić information content (AvgIpc) is 2.61. The number of aromatic nitrogens is 1. The van der Waals surface area contributed by atoms with E-state index in [1.165, 1.54) is 0 Å². The zero-order chi connectivity index (χ0) is 20.0.